The van der Waals surface area contributed by atoms with Gasteiger partial charge in [-0.15, -0.1) is 0 Å². The molecule has 0 radical (unpaired) electrons. The van der Waals surface area contributed by atoms with Crippen LogP contribution in [-0.2, 0) is 42.6 Å². The van der Waals surface area contributed by atoms with Gasteiger partial charge in [-0.2, -0.15) is 0 Å². The number of sulfonamides is 2. The maximum Gasteiger partial charge on any atom is 0.331 e. The molecule has 0 N–H and O–H groups in total. The van der Waals surface area contributed by atoms with Crippen molar-refractivity contribution < 1.29 is 26.4 Å². The minimum Gasteiger partial charge on any atom is -0.458 e. The number of ether oxygens (including phenoxy) is 1. The highest BCUT2D eigenvalue weighted by Crippen LogP contribution is 2.32. The molecule has 3 aromatic rings. The smallest absolute Gasteiger partial charge is 0.331 e. The zero-order valence-corrected chi connectivity index (χ0v) is 21.5. The van der Waals surface area contributed by atoms with Gasteiger partial charge in [0, 0.05) is 26.7 Å². The fourth-order valence-electron chi connectivity index (χ4n) is 3.81. The van der Waals surface area contributed by atoms with Crippen LogP contribution in [0.4, 0.5) is 5.69 Å². The Morgan fingerprint density at radius 1 is 0.944 bits per heavy atom. The number of fused-ring (bicyclic) bond motifs is 1. The molecule has 0 amide bonds. The van der Waals surface area contributed by atoms with E-state index in [1.165, 1.54) is 54.8 Å². The molecule has 10 heteroatoms. The lowest BCUT2D eigenvalue weighted by Gasteiger charge is -2.19. The number of hydrogen-bond acceptors (Lipinski definition) is 6. The first-order chi connectivity index (χ1) is 17.1. The van der Waals surface area contributed by atoms with Gasteiger partial charge in [-0.25, -0.2) is 25.9 Å². The molecule has 0 unspecified atom stereocenters. The van der Waals surface area contributed by atoms with Crippen molar-refractivity contribution in [3.8, 4) is 0 Å². The molecule has 188 valence electrons. The summed E-state index contributed by atoms with van der Waals surface area (Å²) in [5.74, 6) is -0.610. The van der Waals surface area contributed by atoms with Gasteiger partial charge in [0.2, 0.25) is 10.0 Å². The van der Waals surface area contributed by atoms with E-state index in [4.69, 9.17) is 4.74 Å². The van der Waals surface area contributed by atoms with Crippen LogP contribution in [0.2, 0.25) is 0 Å². The van der Waals surface area contributed by atoms with Crippen molar-refractivity contribution in [2.24, 2.45) is 0 Å². The summed E-state index contributed by atoms with van der Waals surface area (Å²) in [6, 6.07) is 19.9. The second kappa shape index (κ2) is 10.3. The second-order valence-corrected chi connectivity index (χ2v) is 12.4. The van der Waals surface area contributed by atoms with E-state index in [-0.39, 0.29) is 16.4 Å². The predicted molar refractivity (Wildman–Crippen MR) is 137 cm³/mol. The van der Waals surface area contributed by atoms with Gasteiger partial charge >= 0.3 is 5.97 Å². The Labute approximate surface area is 211 Å². The lowest BCUT2D eigenvalue weighted by molar-refractivity contribution is -0.138. The van der Waals surface area contributed by atoms with Crippen LogP contribution in [0.25, 0.3) is 6.08 Å². The van der Waals surface area contributed by atoms with E-state index in [1.54, 1.807) is 30.3 Å². The average Bonchev–Trinajstić information content (AvgIpc) is 3.32. The minimum absolute atomic E-state index is 0.0888. The van der Waals surface area contributed by atoms with E-state index >= 15 is 0 Å². The summed E-state index contributed by atoms with van der Waals surface area (Å²) < 4.78 is 58.5. The fourth-order valence-corrected chi connectivity index (χ4v) is 6.28. The maximum absolute atomic E-state index is 13.1. The third-order valence-electron chi connectivity index (χ3n) is 5.78. The van der Waals surface area contributed by atoms with Gasteiger partial charge in [-0.05, 0) is 59.5 Å². The highest BCUT2D eigenvalue weighted by atomic mass is 32.2. The second-order valence-electron chi connectivity index (χ2n) is 8.40. The first kappa shape index (κ1) is 25.6. The Balaban J connectivity index is 1.38. The van der Waals surface area contributed by atoms with E-state index in [9.17, 15) is 21.6 Å². The van der Waals surface area contributed by atoms with Crippen molar-refractivity contribution >= 4 is 37.8 Å². The summed E-state index contributed by atoms with van der Waals surface area (Å²) in [5.41, 5.74) is 2.88. The van der Waals surface area contributed by atoms with E-state index in [0.29, 0.717) is 29.8 Å². The first-order valence-electron chi connectivity index (χ1n) is 11.2. The summed E-state index contributed by atoms with van der Waals surface area (Å²) in [4.78, 5) is 12.4. The Kier molecular flexibility index (Phi) is 7.30. The van der Waals surface area contributed by atoms with Gasteiger partial charge in [0.25, 0.3) is 10.0 Å². The quantitative estimate of drug-likeness (QED) is 0.329. The Morgan fingerprint density at radius 3 is 2.39 bits per heavy atom. The molecule has 0 aliphatic carbocycles. The molecule has 8 nitrogen and oxygen atoms in total. The van der Waals surface area contributed by atoms with Gasteiger partial charge in [0.15, 0.2) is 0 Å². The molecule has 0 spiro atoms. The van der Waals surface area contributed by atoms with Gasteiger partial charge in [-0.3, -0.25) is 4.31 Å². The molecule has 36 heavy (non-hydrogen) atoms. The van der Waals surface area contributed by atoms with E-state index in [1.807, 2.05) is 18.2 Å². The molecule has 1 aliphatic rings. The monoisotopic (exact) mass is 526 g/mol. The molecular weight excluding hydrogens is 500 g/mol. The molecular formula is C26H26N2O6S2. The predicted octanol–water partition coefficient (Wildman–Crippen LogP) is 3.44. The minimum atomic E-state index is -3.69. The first-order valence-corrected chi connectivity index (χ1v) is 14.0. The summed E-state index contributed by atoms with van der Waals surface area (Å²) in [6.45, 7) is 0.313. The number of carbonyl (C=O) groups is 1. The summed E-state index contributed by atoms with van der Waals surface area (Å²) in [7, 11) is -4.38. The number of carbonyl (C=O) groups excluding carboxylic acids is 1. The lowest BCUT2D eigenvalue weighted by atomic mass is 10.2. The number of nitrogens with zero attached hydrogens (tertiary/aromatic N) is 2. The number of benzene rings is 3. The molecule has 1 heterocycles. The van der Waals surface area contributed by atoms with Crippen molar-refractivity contribution in [3.05, 3.63) is 95.6 Å². The van der Waals surface area contributed by atoms with Crippen molar-refractivity contribution in [1.82, 2.24) is 4.31 Å². The van der Waals surface area contributed by atoms with Crippen molar-refractivity contribution in [3.63, 3.8) is 0 Å². The van der Waals surface area contributed by atoms with Crippen LogP contribution in [0.15, 0.2) is 88.7 Å². The normalized spacial score (nSPS) is 13.8. The average molecular weight is 527 g/mol. The highest BCUT2D eigenvalue weighted by molar-refractivity contribution is 7.92. The molecule has 0 saturated heterocycles. The Bertz CT molecular complexity index is 1510. The van der Waals surface area contributed by atoms with Gasteiger partial charge < -0.3 is 4.74 Å². The largest absolute Gasteiger partial charge is 0.458 e. The topological polar surface area (TPSA) is 101 Å². The van der Waals surface area contributed by atoms with E-state index in [0.717, 1.165) is 9.87 Å². The Morgan fingerprint density at radius 2 is 1.67 bits per heavy atom. The summed E-state index contributed by atoms with van der Waals surface area (Å²) >= 11 is 0. The van der Waals surface area contributed by atoms with Crippen molar-refractivity contribution in [2.75, 3.05) is 24.9 Å². The summed E-state index contributed by atoms with van der Waals surface area (Å²) in [5, 5.41) is 0. The highest BCUT2D eigenvalue weighted by Gasteiger charge is 2.30. The van der Waals surface area contributed by atoms with E-state index in [2.05, 4.69) is 0 Å². The van der Waals surface area contributed by atoms with Gasteiger partial charge in [0.05, 0.1) is 15.5 Å². The third-order valence-corrected chi connectivity index (χ3v) is 9.42. The van der Waals surface area contributed by atoms with Crippen LogP contribution in [0.5, 0.6) is 0 Å². The molecule has 0 saturated carbocycles. The molecule has 0 aromatic heterocycles. The lowest BCUT2D eigenvalue weighted by Crippen LogP contribution is -2.29. The van der Waals surface area contributed by atoms with Crippen LogP contribution in [0.3, 0.4) is 0 Å². The third kappa shape index (κ3) is 5.35. The van der Waals surface area contributed by atoms with Crippen LogP contribution < -0.4 is 4.31 Å². The van der Waals surface area contributed by atoms with Crippen LogP contribution >= 0.6 is 0 Å². The number of esters is 1. The van der Waals surface area contributed by atoms with Crippen LogP contribution in [0, 0.1) is 0 Å². The zero-order chi connectivity index (χ0) is 25.9. The van der Waals surface area contributed by atoms with Crippen molar-refractivity contribution in [2.45, 2.75) is 22.8 Å². The molecule has 1 aliphatic heterocycles. The number of para-hydroxylation sites is 1. The molecule has 3 aromatic carbocycles. The zero-order valence-electron chi connectivity index (χ0n) is 19.9. The maximum atomic E-state index is 13.1. The number of anilines is 1. The van der Waals surface area contributed by atoms with Crippen molar-refractivity contribution in [1.29, 1.82) is 0 Å². The molecule has 0 fully saturated rings. The number of rotatable bonds is 8. The Hall–Kier alpha value is -3.47. The molecule has 4 rings (SSSR count). The standard InChI is InChI=1S/C26H26N2O6S2/c1-27(2)35(30,31)24-8-5-6-21(18-24)19-34-26(29)15-12-20-10-13-23(14-11-20)36(32,33)28-17-16-22-7-3-4-9-25(22)28/h3-15,18H,16-17,19H2,1-2H3/b15-12+. The molecule has 0 atom stereocenters. The summed E-state index contributed by atoms with van der Waals surface area (Å²) in [6.07, 6.45) is 3.44. The van der Waals surface area contributed by atoms with Crippen LogP contribution in [-0.4, -0.2) is 47.8 Å². The van der Waals surface area contributed by atoms with Gasteiger partial charge in [-0.1, -0.05) is 42.5 Å². The SMILES string of the molecule is CN(C)S(=O)(=O)c1cccc(COC(=O)/C=C/c2ccc(S(=O)(=O)N3CCc4ccccc43)cc2)c1. The molecule has 0 bridgehead atoms. The van der Waals surface area contributed by atoms with Crippen LogP contribution in [0.1, 0.15) is 16.7 Å². The van der Waals surface area contributed by atoms with E-state index < -0.39 is 26.0 Å². The number of hydrogen-bond donors (Lipinski definition) is 0. The van der Waals surface area contributed by atoms with Gasteiger partial charge in [0.1, 0.15) is 6.61 Å². The fraction of sp³-hybridized carbons (Fsp3) is 0.192.